The minimum Gasteiger partial charge on any atom is -0.367 e. The van der Waals surface area contributed by atoms with Crippen LogP contribution in [0.5, 0.6) is 0 Å². The minimum atomic E-state index is 0.293. The van der Waals surface area contributed by atoms with Crippen LogP contribution in [-0.2, 0) is 0 Å². The Hall–Kier alpha value is -0.990. The summed E-state index contributed by atoms with van der Waals surface area (Å²) in [5.41, 5.74) is 1.84. The number of halogens is 4. The largest absolute Gasteiger partial charge is 0.367 e. The van der Waals surface area contributed by atoms with Gasteiger partial charge in [0.1, 0.15) is 5.82 Å². The van der Waals surface area contributed by atoms with E-state index in [1.807, 2.05) is 42.5 Å². The zero-order chi connectivity index (χ0) is 24.0. The van der Waals surface area contributed by atoms with Crippen molar-refractivity contribution in [1.29, 1.82) is 0 Å². The molecule has 2 aromatic carbocycles. The van der Waals surface area contributed by atoms with E-state index in [0.717, 1.165) is 68.2 Å². The van der Waals surface area contributed by atoms with Crippen molar-refractivity contribution >= 4 is 88.3 Å². The van der Waals surface area contributed by atoms with Crippen molar-refractivity contribution in [2.75, 3.05) is 25.0 Å². The predicted molar refractivity (Wildman–Crippen MR) is 153 cm³/mol. The molecule has 0 amide bonds. The van der Waals surface area contributed by atoms with Gasteiger partial charge in [0.05, 0.1) is 5.52 Å². The lowest BCUT2D eigenvalue weighted by atomic mass is 10.1. The van der Waals surface area contributed by atoms with Crippen molar-refractivity contribution in [2.45, 2.75) is 39.7 Å². The Kier molecular flexibility index (Phi) is 10.2. The SMILES string of the molecule is CCN(CC)CCCC(C)Nc1nc(C=Cc2c(Br)cc(Br)cc2Br)nc2cc(Cl)ccc12. The first-order valence-corrected chi connectivity index (χ1v) is 13.8. The van der Waals surface area contributed by atoms with E-state index >= 15 is 0 Å². The van der Waals surface area contributed by atoms with E-state index in [-0.39, 0.29) is 0 Å². The van der Waals surface area contributed by atoms with Gasteiger partial charge in [0.25, 0.3) is 0 Å². The summed E-state index contributed by atoms with van der Waals surface area (Å²) in [6, 6.07) is 10.1. The Morgan fingerprint density at radius 3 is 2.39 bits per heavy atom. The summed E-state index contributed by atoms with van der Waals surface area (Å²) >= 11 is 17.0. The molecule has 0 saturated heterocycles. The molecule has 4 nitrogen and oxygen atoms in total. The molecule has 176 valence electrons. The summed E-state index contributed by atoms with van der Waals surface area (Å²) in [7, 11) is 0. The fourth-order valence-electron chi connectivity index (χ4n) is 3.64. The first-order valence-electron chi connectivity index (χ1n) is 11.1. The van der Waals surface area contributed by atoms with Crippen molar-refractivity contribution < 1.29 is 0 Å². The van der Waals surface area contributed by atoms with Gasteiger partial charge in [-0.2, -0.15) is 0 Å². The number of nitrogens with one attached hydrogen (secondary N) is 1. The maximum Gasteiger partial charge on any atom is 0.154 e. The highest BCUT2D eigenvalue weighted by Gasteiger charge is 2.11. The molecule has 33 heavy (non-hydrogen) atoms. The summed E-state index contributed by atoms with van der Waals surface area (Å²) in [6.07, 6.45) is 6.14. The van der Waals surface area contributed by atoms with E-state index < -0.39 is 0 Å². The van der Waals surface area contributed by atoms with E-state index in [1.54, 1.807) is 0 Å². The van der Waals surface area contributed by atoms with Crippen LogP contribution in [0.3, 0.4) is 0 Å². The second-order valence-electron chi connectivity index (χ2n) is 7.92. The molecule has 0 saturated carbocycles. The normalized spacial score (nSPS) is 12.7. The van der Waals surface area contributed by atoms with Gasteiger partial charge >= 0.3 is 0 Å². The Morgan fingerprint density at radius 2 is 1.73 bits per heavy atom. The van der Waals surface area contributed by atoms with Gasteiger partial charge in [0, 0.05) is 35.4 Å². The number of hydrogen-bond donors (Lipinski definition) is 1. The third-order valence-corrected chi connectivity index (χ3v) is 7.51. The van der Waals surface area contributed by atoms with Crippen LogP contribution < -0.4 is 5.32 Å². The second-order valence-corrected chi connectivity index (χ2v) is 11.0. The molecule has 0 aliphatic rings. The van der Waals surface area contributed by atoms with Crippen LogP contribution >= 0.6 is 59.4 Å². The van der Waals surface area contributed by atoms with Gasteiger partial charge in [-0.05, 0) is 81.9 Å². The van der Waals surface area contributed by atoms with E-state index in [4.69, 9.17) is 21.6 Å². The summed E-state index contributed by atoms with van der Waals surface area (Å²) in [4.78, 5) is 12.0. The van der Waals surface area contributed by atoms with E-state index in [9.17, 15) is 0 Å². The molecule has 8 heteroatoms. The Morgan fingerprint density at radius 1 is 1.03 bits per heavy atom. The average Bonchev–Trinajstić information content (AvgIpc) is 2.75. The fourth-order valence-corrected chi connectivity index (χ4v) is 6.33. The highest BCUT2D eigenvalue weighted by molar-refractivity contribution is 9.11. The monoisotopic (exact) mass is 656 g/mol. The standard InChI is InChI=1S/C25H28Br3ClN4/c1-4-33(5-2)12-6-7-16(3)30-25-20-9-8-18(29)15-23(20)31-24(32-25)11-10-19-21(27)13-17(26)14-22(19)28/h8-11,13-16H,4-7,12H2,1-3H3,(H,30,31,32). The smallest absolute Gasteiger partial charge is 0.154 e. The number of fused-ring (bicyclic) bond motifs is 1. The predicted octanol–water partition coefficient (Wildman–Crippen LogP) is 8.66. The van der Waals surface area contributed by atoms with Crippen molar-refractivity contribution in [3.05, 3.63) is 60.2 Å². The summed E-state index contributed by atoms with van der Waals surface area (Å²) in [5.74, 6) is 1.46. The van der Waals surface area contributed by atoms with Crippen molar-refractivity contribution in [3.8, 4) is 0 Å². The fraction of sp³-hybridized carbons (Fsp3) is 0.360. The van der Waals surface area contributed by atoms with Gasteiger partial charge in [0.15, 0.2) is 5.82 Å². The molecule has 1 atom stereocenters. The lowest BCUT2D eigenvalue weighted by molar-refractivity contribution is 0.295. The van der Waals surface area contributed by atoms with Crippen molar-refractivity contribution in [3.63, 3.8) is 0 Å². The van der Waals surface area contributed by atoms with E-state index in [1.165, 1.54) is 0 Å². The van der Waals surface area contributed by atoms with Crippen LogP contribution in [-0.4, -0.2) is 40.5 Å². The molecule has 0 aliphatic carbocycles. The van der Waals surface area contributed by atoms with Gasteiger partial charge in [-0.15, -0.1) is 0 Å². The number of rotatable bonds is 10. The van der Waals surface area contributed by atoms with Gasteiger partial charge in [-0.25, -0.2) is 9.97 Å². The molecule has 1 N–H and O–H groups in total. The number of anilines is 1. The molecule has 0 aliphatic heterocycles. The quantitative estimate of drug-likeness (QED) is 0.237. The van der Waals surface area contributed by atoms with E-state index in [0.29, 0.717) is 16.9 Å². The third kappa shape index (κ3) is 7.49. The van der Waals surface area contributed by atoms with Gasteiger partial charge in [0.2, 0.25) is 0 Å². The van der Waals surface area contributed by atoms with Crippen LogP contribution in [0.2, 0.25) is 5.02 Å². The van der Waals surface area contributed by atoms with Crippen molar-refractivity contribution in [1.82, 2.24) is 14.9 Å². The second kappa shape index (κ2) is 12.6. The van der Waals surface area contributed by atoms with Crippen LogP contribution in [0.1, 0.15) is 45.0 Å². The maximum atomic E-state index is 6.26. The van der Waals surface area contributed by atoms with Gasteiger partial charge < -0.3 is 10.2 Å². The van der Waals surface area contributed by atoms with Crippen LogP contribution in [0, 0.1) is 0 Å². The van der Waals surface area contributed by atoms with Crippen LogP contribution in [0.25, 0.3) is 23.1 Å². The molecule has 3 aromatic rings. The zero-order valence-corrected chi connectivity index (χ0v) is 24.5. The van der Waals surface area contributed by atoms with Crippen LogP contribution in [0.15, 0.2) is 43.7 Å². The number of benzene rings is 2. The Bertz CT molecular complexity index is 1110. The Labute approximate surface area is 226 Å². The third-order valence-electron chi connectivity index (χ3n) is 5.51. The van der Waals surface area contributed by atoms with Crippen LogP contribution in [0.4, 0.5) is 5.82 Å². The summed E-state index contributed by atoms with van der Waals surface area (Å²) in [5, 5.41) is 5.24. The summed E-state index contributed by atoms with van der Waals surface area (Å²) < 4.78 is 2.95. The maximum absolute atomic E-state index is 6.26. The molecule has 1 unspecified atom stereocenters. The topological polar surface area (TPSA) is 41.0 Å². The first kappa shape index (κ1) is 26.6. The number of aromatic nitrogens is 2. The highest BCUT2D eigenvalue weighted by atomic mass is 79.9. The molecule has 0 fully saturated rings. The van der Waals surface area contributed by atoms with Gasteiger partial charge in [-0.3, -0.25) is 0 Å². The van der Waals surface area contributed by atoms with E-state index in [2.05, 4.69) is 78.8 Å². The number of hydrogen-bond acceptors (Lipinski definition) is 4. The molecule has 1 heterocycles. The zero-order valence-electron chi connectivity index (χ0n) is 19.0. The van der Waals surface area contributed by atoms with Gasteiger partial charge in [-0.1, -0.05) is 73.2 Å². The molecular weight excluding hydrogens is 631 g/mol. The lowest BCUT2D eigenvalue weighted by Gasteiger charge is -2.20. The minimum absolute atomic E-state index is 0.293. The Balaban J connectivity index is 1.86. The summed E-state index contributed by atoms with van der Waals surface area (Å²) in [6.45, 7) is 9.93. The molecule has 0 bridgehead atoms. The lowest BCUT2D eigenvalue weighted by Crippen LogP contribution is -2.25. The number of nitrogens with zero attached hydrogens (tertiary/aromatic N) is 3. The molecule has 1 aromatic heterocycles. The molecule has 0 spiro atoms. The van der Waals surface area contributed by atoms with Crippen molar-refractivity contribution in [2.24, 2.45) is 0 Å². The first-order chi connectivity index (χ1) is 15.8. The molecule has 3 rings (SSSR count). The molecular formula is C25H28Br3ClN4. The molecule has 0 radical (unpaired) electrons. The average molecular weight is 660 g/mol. The highest BCUT2D eigenvalue weighted by Crippen LogP contribution is 2.31.